The van der Waals surface area contributed by atoms with Crippen LogP contribution in [-0.4, -0.2) is 57.0 Å². The molecular weight excluding hydrogens is 436 g/mol. The van der Waals surface area contributed by atoms with Gasteiger partial charge in [0.1, 0.15) is 11.6 Å². The maximum absolute atomic E-state index is 12.1. The van der Waals surface area contributed by atoms with Crippen LogP contribution >= 0.6 is 0 Å². The van der Waals surface area contributed by atoms with E-state index in [2.05, 4.69) is 4.98 Å². The van der Waals surface area contributed by atoms with Crippen LogP contribution in [0, 0.1) is 23.7 Å². The maximum Gasteiger partial charge on any atom is 0.265 e. The number of aliphatic hydroxyl groups is 2. The van der Waals surface area contributed by atoms with Crippen molar-refractivity contribution in [2.24, 2.45) is 16.7 Å². The van der Waals surface area contributed by atoms with Gasteiger partial charge in [-0.05, 0) is 43.2 Å². The predicted octanol–water partition coefficient (Wildman–Crippen LogP) is 1.33. The van der Waals surface area contributed by atoms with Crippen molar-refractivity contribution < 1.29 is 28.0 Å². The summed E-state index contributed by atoms with van der Waals surface area (Å²) in [5, 5.41) is 18.7. The van der Waals surface area contributed by atoms with E-state index in [4.69, 9.17) is 9.66 Å². The van der Waals surface area contributed by atoms with Crippen molar-refractivity contribution in [1.29, 1.82) is 0 Å². The normalized spacial score (nSPS) is 24.9. The Morgan fingerprint density at radius 1 is 1.25 bits per heavy atom. The van der Waals surface area contributed by atoms with Crippen LogP contribution in [0.3, 0.4) is 0 Å². The molecule has 0 saturated heterocycles. The number of aryl methyl sites for hydroxylation is 1. The lowest BCUT2D eigenvalue weighted by Crippen LogP contribution is -2.42. The first kappa shape index (κ1) is 24.5. The largest absolute Gasteiger partial charge is 0.394 e. The molecule has 0 radical (unpaired) electrons. The summed E-state index contributed by atoms with van der Waals surface area (Å²) in [4.78, 5) is 28.3. The number of fused-ring (bicyclic) bond motifs is 3. The van der Waals surface area contributed by atoms with Crippen LogP contribution in [-0.2, 0) is 21.5 Å². The zero-order valence-electron chi connectivity index (χ0n) is 18.5. The van der Waals surface area contributed by atoms with Gasteiger partial charge in [-0.25, -0.2) is 4.98 Å². The van der Waals surface area contributed by atoms with Gasteiger partial charge in [0.05, 0.1) is 41.3 Å². The number of rotatable bonds is 5. The van der Waals surface area contributed by atoms with Crippen LogP contribution in [0.15, 0.2) is 29.1 Å². The Morgan fingerprint density at radius 3 is 2.44 bits per heavy atom. The number of Topliss-reactive ketones (excluding diaryl/α,β-unsaturated/α-hetero) is 1. The molecule has 0 amide bonds. The fourth-order valence-corrected chi connectivity index (χ4v) is 6.48. The van der Waals surface area contributed by atoms with Gasteiger partial charge < -0.3 is 10.2 Å². The van der Waals surface area contributed by atoms with E-state index in [0.29, 0.717) is 29.6 Å². The second-order valence-electron chi connectivity index (χ2n) is 9.32. The van der Waals surface area contributed by atoms with Crippen molar-refractivity contribution in [3.8, 4) is 0 Å². The smallest absolute Gasteiger partial charge is 0.265 e. The highest BCUT2D eigenvalue weighted by atomic mass is 32.2. The Bertz CT molecular complexity index is 1190. The number of carbonyl (C=O) groups is 1. The molecule has 1 aromatic heterocycles. The van der Waals surface area contributed by atoms with Gasteiger partial charge in [0.15, 0.2) is 0 Å². The third kappa shape index (κ3) is 4.36. The van der Waals surface area contributed by atoms with Gasteiger partial charge in [0, 0.05) is 6.42 Å². The van der Waals surface area contributed by atoms with Gasteiger partial charge in [-0.2, -0.15) is 8.42 Å². The van der Waals surface area contributed by atoms with Crippen LogP contribution in [0.4, 0.5) is 0 Å². The lowest BCUT2D eigenvalue weighted by atomic mass is 9.70. The molecule has 3 N–H and O–H groups in total. The molecule has 0 spiro atoms. The molecule has 4 rings (SSSR count). The summed E-state index contributed by atoms with van der Waals surface area (Å²) in [5.74, 6) is 0.428. The minimum atomic E-state index is -4.08. The predicted molar refractivity (Wildman–Crippen MR) is 119 cm³/mol. The van der Waals surface area contributed by atoms with Crippen LogP contribution in [0.1, 0.15) is 38.9 Å². The number of benzene rings is 1. The molecule has 2 unspecified atom stereocenters. The van der Waals surface area contributed by atoms with Gasteiger partial charge in [0.2, 0.25) is 0 Å². The topological polar surface area (TPSA) is 147 Å². The van der Waals surface area contributed by atoms with Gasteiger partial charge >= 0.3 is 0 Å². The van der Waals surface area contributed by atoms with Crippen molar-refractivity contribution in [1.82, 2.24) is 9.55 Å². The van der Waals surface area contributed by atoms with E-state index < -0.39 is 27.4 Å². The summed E-state index contributed by atoms with van der Waals surface area (Å²) >= 11 is 0. The Hall–Kier alpha value is -2.14. The molecule has 10 heteroatoms. The summed E-state index contributed by atoms with van der Waals surface area (Å²) in [6, 6.07) is 7.07. The van der Waals surface area contributed by atoms with Gasteiger partial charge in [-0.1, -0.05) is 26.0 Å². The number of para-hydroxylation sites is 1. The summed E-state index contributed by atoms with van der Waals surface area (Å²) < 4.78 is 32.4. The first-order valence-corrected chi connectivity index (χ1v) is 12.2. The van der Waals surface area contributed by atoms with Gasteiger partial charge in [-0.15, -0.1) is 0 Å². The first-order chi connectivity index (χ1) is 14.8. The molecule has 2 aliphatic carbocycles. The van der Waals surface area contributed by atoms with Crippen molar-refractivity contribution in [3.63, 3.8) is 0 Å². The monoisotopic (exact) mass is 466 g/mol. The molecule has 2 saturated carbocycles. The molecule has 2 fully saturated rings. The van der Waals surface area contributed by atoms with Crippen molar-refractivity contribution in [2.45, 2.75) is 52.7 Å². The second kappa shape index (κ2) is 8.66. The van der Waals surface area contributed by atoms with E-state index in [0.717, 1.165) is 6.42 Å². The molecule has 1 aromatic carbocycles. The summed E-state index contributed by atoms with van der Waals surface area (Å²) in [6.45, 7) is 5.27. The summed E-state index contributed by atoms with van der Waals surface area (Å²) in [6.07, 6.45) is 1.02. The van der Waals surface area contributed by atoms with E-state index in [1.807, 2.05) is 19.9 Å². The number of carbonyl (C=O) groups excluding carboxylic acids is 1. The molecule has 176 valence electrons. The average Bonchev–Trinajstić information content (AvgIpc) is 3.04. The zero-order chi connectivity index (χ0) is 23.9. The number of nitrogens with zero attached hydrogens (tertiary/aromatic N) is 2. The van der Waals surface area contributed by atoms with E-state index in [9.17, 15) is 23.1 Å². The van der Waals surface area contributed by atoms with Crippen molar-refractivity contribution >= 4 is 26.8 Å². The van der Waals surface area contributed by atoms with Crippen LogP contribution in [0.2, 0.25) is 0 Å². The molecule has 0 aliphatic heterocycles. The minimum Gasteiger partial charge on any atom is -0.394 e. The summed E-state index contributed by atoms with van der Waals surface area (Å²) in [5.41, 5.74) is -0.671. The Labute approximate surface area is 186 Å². The van der Waals surface area contributed by atoms with E-state index in [-0.39, 0.29) is 35.8 Å². The maximum atomic E-state index is 12.1. The molecule has 1 heterocycles. The zero-order valence-corrected chi connectivity index (χ0v) is 19.3. The van der Waals surface area contributed by atoms with Crippen LogP contribution in [0.5, 0.6) is 0 Å². The Kier molecular flexibility index (Phi) is 6.63. The Morgan fingerprint density at radius 2 is 1.91 bits per heavy atom. The minimum absolute atomic E-state index is 0.0152. The summed E-state index contributed by atoms with van der Waals surface area (Å²) in [7, 11) is -4.08. The SMILES string of the molecule is CC1(C)C2CC[C@@]1(CS(=O)(=O)O)C(=O)C2.Cc1nc2ccccc2c(=O)n1CC(O)CO. The highest BCUT2D eigenvalue weighted by molar-refractivity contribution is 7.85. The van der Waals surface area contributed by atoms with Crippen LogP contribution < -0.4 is 5.56 Å². The quantitative estimate of drug-likeness (QED) is 0.559. The first-order valence-electron chi connectivity index (χ1n) is 10.6. The van der Waals surface area contributed by atoms with Crippen LogP contribution in [0.25, 0.3) is 10.9 Å². The third-order valence-electron chi connectivity index (χ3n) is 7.22. The lowest BCUT2D eigenvalue weighted by molar-refractivity contribution is -0.128. The van der Waals surface area contributed by atoms with E-state index in [1.54, 1.807) is 25.1 Å². The molecule has 2 aromatic rings. The molecule has 2 bridgehead atoms. The van der Waals surface area contributed by atoms with Gasteiger partial charge in [-0.3, -0.25) is 18.7 Å². The number of ketones is 1. The lowest BCUT2D eigenvalue weighted by Gasteiger charge is -2.35. The average molecular weight is 467 g/mol. The Balaban J connectivity index is 0.000000182. The fraction of sp³-hybridized carbons (Fsp3) is 0.591. The van der Waals surface area contributed by atoms with Crippen molar-refractivity contribution in [3.05, 3.63) is 40.4 Å². The highest BCUT2D eigenvalue weighted by Gasteiger charge is 2.65. The standard InChI is InChI=1S/C12H14N2O3.C10H16O4S/c1-8-13-11-5-3-2-4-10(11)12(17)14(8)6-9(16)7-15;1-9(2)7-3-4-10(9,8(11)5-7)6-15(12,13)14/h2-5,9,15-16H,6-7H2,1H3;7H,3-6H2,1-2H3,(H,12,13,14)/t;7?,10-/m.1/s1. The molecule has 9 nitrogen and oxygen atoms in total. The van der Waals surface area contributed by atoms with E-state index in [1.165, 1.54) is 4.57 Å². The highest BCUT2D eigenvalue weighted by Crippen LogP contribution is 2.64. The van der Waals surface area contributed by atoms with E-state index >= 15 is 0 Å². The van der Waals surface area contributed by atoms with Crippen molar-refractivity contribution in [2.75, 3.05) is 12.4 Å². The number of hydrogen-bond acceptors (Lipinski definition) is 7. The third-order valence-corrected chi connectivity index (χ3v) is 8.08. The second-order valence-corrected chi connectivity index (χ2v) is 10.8. The van der Waals surface area contributed by atoms with Gasteiger partial charge in [0.25, 0.3) is 15.7 Å². The molecular formula is C22H30N2O7S. The molecule has 3 atom stereocenters. The fourth-order valence-electron chi connectivity index (χ4n) is 5.18. The number of aromatic nitrogens is 2. The molecule has 32 heavy (non-hydrogen) atoms. The number of hydrogen-bond donors (Lipinski definition) is 3. The number of aliphatic hydroxyl groups excluding tert-OH is 2. The molecule has 2 aliphatic rings.